The molecule has 0 unspecified atom stereocenters. The predicted molar refractivity (Wildman–Crippen MR) is 87.5 cm³/mol. The Morgan fingerprint density at radius 1 is 1.24 bits per heavy atom. The van der Waals surface area contributed by atoms with E-state index < -0.39 is 0 Å². The molecule has 0 amide bonds. The first-order valence-corrected chi connectivity index (χ1v) is 8.78. The first-order valence-electron chi connectivity index (χ1n) is 8.78. The molecule has 0 radical (unpaired) electrons. The third kappa shape index (κ3) is 3.02. The fraction of sp³-hybridized carbons (Fsp3) is 0.684. The second-order valence-electron chi connectivity index (χ2n) is 7.70. The number of benzene rings is 1. The van der Waals surface area contributed by atoms with Crippen molar-refractivity contribution < 1.29 is 0 Å². The lowest BCUT2D eigenvalue weighted by molar-refractivity contribution is 0.210. The Hall–Kier alpha value is -0.860. The summed E-state index contributed by atoms with van der Waals surface area (Å²) in [6, 6.07) is 12.6. The van der Waals surface area contributed by atoms with E-state index in [0.29, 0.717) is 5.41 Å². The second-order valence-corrected chi connectivity index (χ2v) is 7.70. The summed E-state index contributed by atoms with van der Waals surface area (Å²) >= 11 is 0. The number of likely N-dealkylation sites (tertiary alicyclic amines) is 1. The summed E-state index contributed by atoms with van der Waals surface area (Å²) < 4.78 is 0. The normalized spacial score (nSPS) is 34.0. The molecule has 1 aliphatic heterocycles. The van der Waals surface area contributed by atoms with E-state index in [1.807, 2.05) is 0 Å². The average molecular weight is 284 g/mol. The third-order valence-electron chi connectivity index (χ3n) is 5.94. The van der Waals surface area contributed by atoms with Gasteiger partial charge in [0.1, 0.15) is 0 Å². The van der Waals surface area contributed by atoms with Crippen LogP contribution in [0.5, 0.6) is 0 Å². The van der Waals surface area contributed by atoms with Crippen LogP contribution in [0.2, 0.25) is 0 Å². The molecule has 1 N–H and O–H groups in total. The van der Waals surface area contributed by atoms with Gasteiger partial charge in [-0.05, 0) is 56.6 Å². The number of nitrogens with one attached hydrogen (secondary N) is 1. The molecule has 2 heteroatoms. The van der Waals surface area contributed by atoms with Crippen molar-refractivity contribution in [2.45, 2.75) is 57.0 Å². The fourth-order valence-electron chi connectivity index (χ4n) is 4.06. The van der Waals surface area contributed by atoms with Crippen molar-refractivity contribution in [1.29, 1.82) is 0 Å². The van der Waals surface area contributed by atoms with E-state index in [9.17, 15) is 0 Å². The van der Waals surface area contributed by atoms with Crippen molar-refractivity contribution in [1.82, 2.24) is 10.2 Å². The molecule has 3 fully saturated rings. The number of nitrogens with zero attached hydrogens (tertiary/aromatic N) is 1. The van der Waals surface area contributed by atoms with E-state index >= 15 is 0 Å². The molecule has 1 aromatic rings. The summed E-state index contributed by atoms with van der Waals surface area (Å²) in [5, 5.41) is 3.87. The maximum absolute atomic E-state index is 3.87. The lowest BCUT2D eigenvalue weighted by atomic mass is 10.1. The highest BCUT2D eigenvalue weighted by Crippen LogP contribution is 2.48. The largest absolute Gasteiger partial charge is 0.313 e. The van der Waals surface area contributed by atoms with Crippen LogP contribution < -0.4 is 5.32 Å². The first kappa shape index (κ1) is 13.8. The van der Waals surface area contributed by atoms with Crippen LogP contribution >= 0.6 is 0 Å². The van der Waals surface area contributed by atoms with Crippen LogP contribution in [0.25, 0.3) is 0 Å². The maximum Gasteiger partial charge on any atom is 0.0143 e. The molecule has 2 aliphatic carbocycles. The molecule has 3 aliphatic rings. The zero-order chi connectivity index (χ0) is 14.3. The van der Waals surface area contributed by atoms with Crippen LogP contribution in [-0.2, 0) is 0 Å². The van der Waals surface area contributed by atoms with Crippen LogP contribution in [0.3, 0.4) is 0 Å². The van der Waals surface area contributed by atoms with E-state index in [1.165, 1.54) is 57.3 Å². The summed E-state index contributed by atoms with van der Waals surface area (Å²) in [6.07, 6.45) is 7.02. The smallest absolute Gasteiger partial charge is 0.0143 e. The van der Waals surface area contributed by atoms with E-state index in [2.05, 4.69) is 47.5 Å². The molecule has 2 saturated carbocycles. The van der Waals surface area contributed by atoms with E-state index in [1.54, 1.807) is 0 Å². The van der Waals surface area contributed by atoms with Gasteiger partial charge in [0.25, 0.3) is 0 Å². The highest BCUT2D eigenvalue weighted by molar-refractivity contribution is 5.27. The fourth-order valence-corrected chi connectivity index (χ4v) is 4.06. The summed E-state index contributed by atoms with van der Waals surface area (Å²) in [7, 11) is 0. The minimum Gasteiger partial charge on any atom is -0.313 e. The molecule has 1 saturated heterocycles. The van der Waals surface area contributed by atoms with Gasteiger partial charge < -0.3 is 10.2 Å². The minimum atomic E-state index is 0.614. The van der Waals surface area contributed by atoms with Gasteiger partial charge >= 0.3 is 0 Å². The van der Waals surface area contributed by atoms with Gasteiger partial charge in [0.15, 0.2) is 0 Å². The molecule has 0 bridgehead atoms. The van der Waals surface area contributed by atoms with Crippen LogP contribution in [0.4, 0.5) is 0 Å². The highest BCUT2D eigenvalue weighted by atomic mass is 15.2. The van der Waals surface area contributed by atoms with Crippen molar-refractivity contribution in [3.63, 3.8) is 0 Å². The number of rotatable bonds is 6. The van der Waals surface area contributed by atoms with Gasteiger partial charge in [0, 0.05) is 31.1 Å². The Morgan fingerprint density at radius 2 is 2.05 bits per heavy atom. The molecule has 114 valence electrons. The van der Waals surface area contributed by atoms with Crippen LogP contribution in [0.1, 0.15) is 50.5 Å². The summed E-state index contributed by atoms with van der Waals surface area (Å²) in [6.45, 7) is 6.32. The molecular weight excluding hydrogens is 256 g/mol. The van der Waals surface area contributed by atoms with E-state index in [0.717, 1.165) is 18.0 Å². The minimum absolute atomic E-state index is 0.614. The Bertz CT molecular complexity index is 480. The molecule has 3 atom stereocenters. The molecule has 1 aromatic carbocycles. The van der Waals surface area contributed by atoms with Crippen molar-refractivity contribution in [3.05, 3.63) is 35.9 Å². The Balaban J connectivity index is 1.26. The topological polar surface area (TPSA) is 15.3 Å². The van der Waals surface area contributed by atoms with Gasteiger partial charge in [-0.3, -0.25) is 0 Å². The van der Waals surface area contributed by atoms with Crippen molar-refractivity contribution in [2.24, 2.45) is 5.41 Å². The number of hydrogen-bond acceptors (Lipinski definition) is 2. The van der Waals surface area contributed by atoms with E-state index in [4.69, 9.17) is 0 Å². The number of hydrogen-bond donors (Lipinski definition) is 1. The van der Waals surface area contributed by atoms with Crippen molar-refractivity contribution >= 4 is 0 Å². The van der Waals surface area contributed by atoms with Gasteiger partial charge in [-0.1, -0.05) is 30.3 Å². The first-order chi connectivity index (χ1) is 10.3. The van der Waals surface area contributed by atoms with E-state index in [-0.39, 0.29) is 0 Å². The van der Waals surface area contributed by atoms with Gasteiger partial charge in [0.05, 0.1) is 0 Å². The van der Waals surface area contributed by atoms with Crippen LogP contribution in [0, 0.1) is 5.41 Å². The zero-order valence-electron chi connectivity index (χ0n) is 13.2. The van der Waals surface area contributed by atoms with Crippen LogP contribution in [-0.4, -0.2) is 36.6 Å². The third-order valence-corrected chi connectivity index (χ3v) is 5.94. The monoisotopic (exact) mass is 284 g/mol. The summed E-state index contributed by atoms with van der Waals surface area (Å²) in [5.74, 6) is 0.771. The lowest BCUT2D eigenvalue weighted by Gasteiger charge is -2.27. The van der Waals surface area contributed by atoms with Crippen LogP contribution in [0.15, 0.2) is 30.3 Å². The standard InChI is InChI=1S/C19H28N2/c1-15-6-5-11-21(15)14-19(9-10-19)13-20-18-12-17(18)16-7-3-2-4-8-16/h2-4,7-8,15,17-18,20H,5-6,9-14H2,1H3/t15-,17-,18+/m0/s1. The molecule has 4 rings (SSSR count). The Labute approximate surface area is 128 Å². The van der Waals surface area contributed by atoms with Crippen molar-refractivity contribution in [2.75, 3.05) is 19.6 Å². The van der Waals surface area contributed by atoms with Gasteiger partial charge in [-0.25, -0.2) is 0 Å². The van der Waals surface area contributed by atoms with Gasteiger partial charge in [-0.2, -0.15) is 0 Å². The molecule has 1 heterocycles. The average Bonchev–Trinajstić information content (AvgIpc) is 3.40. The Morgan fingerprint density at radius 3 is 2.71 bits per heavy atom. The van der Waals surface area contributed by atoms with Gasteiger partial charge in [-0.15, -0.1) is 0 Å². The van der Waals surface area contributed by atoms with Crippen molar-refractivity contribution in [3.8, 4) is 0 Å². The highest BCUT2D eigenvalue weighted by Gasteiger charge is 2.47. The zero-order valence-corrected chi connectivity index (χ0v) is 13.2. The quantitative estimate of drug-likeness (QED) is 0.861. The molecule has 0 aromatic heterocycles. The van der Waals surface area contributed by atoms with Gasteiger partial charge in [0.2, 0.25) is 0 Å². The second kappa shape index (κ2) is 5.40. The molecule has 0 spiro atoms. The summed E-state index contributed by atoms with van der Waals surface area (Å²) in [5.41, 5.74) is 2.13. The maximum atomic E-state index is 3.87. The SMILES string of the molecule is C[C@H]1CCCN1CC1(CN[C@@H]2C[C@H]2c2ccccc2)CC1. The molecular formula is C19H28N2. The molecule has 21 heavy (non-hydrogen) atoms. The summed E-state index contributed by atoms with van der Waals surface area (Å²) in [4.78, 5) is 2.73. The predicted octanol–water partition coefficient (Wildman–Crippen LogP) is 3.40. The Kier molecular flexibility index (Phi) is 3.55. The lowest BCUT2D eigenvalue weighted by Crippen LogP contribution is -2.38. The molecule has 2 nitrogen and oxygen atoms in total.